The molecular formula is C15H24N2O2. The fourth-order valence-corrected chi connectivity index (χ4v) is 1.60. The van der Waals surface area contributed by atoms with Crippen molar-refractivity contribution in [2.75, 3.05) is 18.5 Å². The number of ether oxygens (including phenoxy) is 1. The van der Waals surface area contributed by atoms with Gasteiger partial charge in [0.1, 0.15) is 5.75 Å². The van der Waals surface area contributed by atoms with Gasteiger partial charge in [0.05, 0.1) is 6.61 Å². The van der Waals surface area contributed by atoms with Gasteiger partial charge in [-0.15, -0.1) is 0 Å². The molecule has 0 aromatic heterocycles. The molecule has 0 bridgehead atoms. The summed E-state index contributed by atoms with van der Waals surface area (Å²) in [5, 5.41) is 6.12. The van der Waals surface area contributed by atoms with Crippen molar-refractivity contribution in [1.82, 2.24) is 5.32 Å². The molecule has 0 heterocycles. The number of hydrogen-bond donors (Lipinski definition) is 2. The monoisotopic (exact) mass is 264 g/mol. The van der Waals surface area contributed by atoms with Crippen LogP contribution >= 0.6 is 0 Å². The molecule has 1 aromatic carbocycles. The quantitative estimate of drug-likeness (QED) is 0.796. The lowest BCUT2D eigenvalue weighted by Crippen LogP contribution is -2.30. The first-order valence-electron chi connectivity index (χ1n) is 6.71. The van der Waals surface area contributed by atoms with Crippen molar-refractivity contribution in [2.45, 2.75) is 33.7 Å². The van der Waals surface area contributed by atoms with Gasteiger partial charge in [-0.3, -0.25) is 4.79 Å². The summed E-state index contributed by atoms with van der Waals surface area (Å²) >= 11 is 0. The molecule has 0 saturated heterocycles. The number of carbonyl (C=O) groups excluding carboxylic acids is 1. The van der Waals surface area contributed by atoms with Gasteiger partial charge in [-0.25, -0.2) is 0 Å². The highest BCUT2D eigenvalue weighted by molar-refractivity contribution is 5.88. The Labute approximate surface area is 115 Å². The molecule has 1 aromatic rings. The highest BCUT2D eigenvalue weighted by Crippen LogP contribution is 2.17. The van der Waals surface area contributed by atoms with Gasteiger partial charge in [0.25, 0.3) is 0 Å². The van der Waals surface area contributed by atoms with E-state index in [0.717, 1.165) is 18.0 Å². The first kappa shape index (κ1) is 15.5. The molecule has 0 aliphatic rings. The third kappa shape index (κ3) is 6.82. The number of amides is 1. The van der Waals surface area contributed by atoms with E-state index in [0.29, 0.717) is 18.6 Å². The van der Waals surface area contributed by atoms with E-state index in [9.17, 15) is 4.79 Å². The molecule has 0 radical (unpaired) electrons. The lowest BCUT2D eigenvalue weighted by atomic mass is 10.2. The molecule has 1 unspecified atom stereocenters. The Morgan fingerprint density at radius 3 is 2.68 bits per heavy atom. The fourth-order valence-electron chi connectivity index (χ4n) is 1.60. The van der Waals surface area contributed by atoms with Crippen LogP contribution in [0.4, 0.5) is 5.69 Å². The van der Waals surface area contributed by atoms with Crippen molar-refractivity contribution in [3.05, 3.63) is 24.3 Å². The van der Waals surface area contributed by atoms with Crippen LogP contribution < -0.4 is 15.4 Å². The average Bonchev–Trinajstić information content (AvgIpc) is 2.33. The maximum Gasteiger partial charge on any atom is 0.221 e. The summed E-state index contributed by atoms with van der Waals surface area (Å²) in [6, 6.07) is 7.94. The summed E-state index contributed by atoms with van der Waals surface area (Å²) < 4.78 is 5.73. The van der Waals surface area contributed by atoms with Crippen LogP contribution in [0.2, 0.25) is 0 Å². The van der Waals surface area contributed by atoms with E-state index in [4.69, 9.17) is 4.74 Å². The number of rotatable bonds is 7. The maximum absolute atomic E-state index is 11.0. The summed E-state index contributed by atoms with van der Waals surface area (Å²) in [7, 11) is 0. The Hall–Kier alpha value is -1.55. The second-order valence-corrected chi connectivity index (χ2v) is 5.19. The molecule has 2 N–H and O–H groups in total. The molecule has 1 atom stereocenters. The molecule has 1 amide bonds. The van der Waals surface area contributed by atoms with Crippen LogP contribution in [0.15, 0.2) is 24.3 Å². The maximum atomic E-state index is 11.0. The van der Waals surface area contributed by atoms with Crippen molar-refractivity contribution < 1.29 is 9.53 Å². The van der Waals surface area contributed by atoms with Crippen LogP contribution in [0, 0.1) is 5.92 Å². The van der Waals surface area contributed by atoms with Crippen molar-refractivity contribution in [3.8, 4) is 5.75 Å². The summed E-state index contributed by atoms with van der Waals surface area (Å²) in [5.74, 6) is 1.14. The van der Waals surface area contributed by atoms with Crippen LogP contribution in [0.5, 0.6) is 5.75 Å². The van der Waals surface area contributed by atoms with E-state index in [1.807, 2.05) is 24.3 Å². The van der Waals surface area contributed by atoms with Crippen LogP contribution in [-0.2, 0) is 4.79 Å². The molecule has 19 heavy (non-hydrogen) atoms. The molecule has 4 nitrogen and oxygen atoms in total. The molecule has 0 spiro atoms. The smallest absolute Gasteiger partial charge is 0.221 e. The predicted octanol–water partition coefficient (Wildman–Crippen LogP) is 2.66. The minimum atomic E-state index is -0.0772. The molecule has 0 aliphatic carbocycles. The van der Waals surface area contributed by atoms with Crippen LogP contribution in [0.3, 0.4) is 0 Å². The highest BCUT2D eigenvalue weighted by Gasteiger charge is 2.05. The topological polar surface area (TPSA) is 50.4 Å². The van der Waals surface area contributed by atoms with Crippen LogP contribution in [-0.4, -0.2) is 25.1 Å². The van der Waals surface area contributed by atoms with E-state index >= 15 is 0 Å². The average molecular weight is 264 g/mol. The first-order chi connectivity index (χ1) is 8.97. The molecule has 0 aliphatic heterocycles. The highest BCUT2D eigenvalue weighted by atomic mass is 16.5. The van der Waals surface area contributed by atoms with E-state index < -0.39 is 0 Å². The molecule has 0 fully saturated rings. The standard InChI is InChI=1S/C15H24N2O2/c1-11(2)16-9-12(3)10-19-15-7-5-6-14(8-15)17-13(4)18/h5-8,11-12,16H,9-10H2,1-4H3,(H,17,18). The summed E-state index contributed by atoms with van der Waals surface area (Å²) in [6.45, 7) is 9.49. The zero-order valence-electron chi connectivity index (χ0n) is 12.2. The first-order valence-corrected chi connectivity index (χ1v) is 6.71. The summed E-state index contributed by atoms with van der Waals surface area (Å²) in [5.41, 5.74) is 0.762. The van der Waals surface area contributed by atoms with Gasteiger partial charge in [0.15, 0.2) is 0 Å². The molecule has 106 valence electrons. The fraction of sp³-hybridized carbons (Fsp3) is 0.533. The van der Waals surface area contributed by atoms with E-state index in [1.54, 1.807) is 0 Å². The van der Waals surface area contributed by atoms with Gasteiger partial charge in [-0.1, -0.05) is 26.8 Å². The number of carbonyl (C=O) groups is 1. The second-order valence-electron chi connectivity index (χ2n) is 5.19. The third-order valence-corrected chi connectivity index (χ3v) is 2.56. The van der Waals surface area contributed by atoms with Crippen molar-refractivity contribution in [1.29, 1.82) is 0 Å². The predicted molar refractivity (Wildman–Crippen MR) is 78.5 cm³/mol. The summed E-state index contributed by atoms with van der Waals surface area (Å²) in [6.07, 6.45) is 0. The second kappa shape index (κ2) is 7.79. The van der Waals surface area contributed by atoms with Crippen LogP contribution in [0.25, 0.3) is 0 Å². The number of benzene rings is 1. The lowest BCUT2D eigenvalue weighted by molar-refractivity contribution is -0.114. The Morgan fingerprint density at radius 1 is 1.32 bits per heavy atom. The summed E-state index contributed by atoms with van der Waals surface area (Å²) in [4.78, 5) is 11.0. The number of nitrogens with one attached hydrogen (secondary N) is 2. The Bertz CT molecular complexity index is 405. The van der Waals surface area contributed by atoms with Crippen molar-refractivity contribution >= 4 is 11.6 Å². The largest absolute Gasteiger partial charge is 0.493 e. The zero-order valence-corrected chi connectivity index (χ0v) is 12.2. The van der Waals surface area contributed by atoms with Crippen molar-refractivity contribution in [3.63, 3.8) is 0 Å². The SMILES string of the molecule is CC(=O)Nc1cccc(OCC(C)CNC(C)C)c1. The number of hydrogen-bond acceptors (Lipinski definition) is 3. The Morgan fingerprint density at radius 2 is 2.05 bits per heavy atom. The minimum Gasteiger partial charge on any atom is -0.493 e. The van der Waals surface area contributed by atoms with Gasteiger partial charge in [-0.2, -0.15) is 0 Å². The molecule has 0 saturated carbocycles. The molecular weight excluding hydrogens is 240 g/mol. The van der Waals surface area contributed by atoms with Gasteiger partial charge < -0.3 is 15.4 Å². The Balaban J connectivity index is 2.42. The van der Waals surface area contributed by atoms with Gasteiger partial charge in [-0.05, 0) is 12.1 Å². The van der Waals surface area contributed by atoms with E-state index in [-0.39, 0.29) is 5.91 Å². The minimum absolute atomic E-state index is 0.0772. The molecule has 4 heteroatoms. The third-order valence-electron chi connectivity index (χ3n) is 2.56. The van der Waals surface area contributed by atoms with Gasteiger partial charge in [0, 0.05) is 37.2 Å². The lowest BCUT2D eigenvalue weighted by Gasteiger charge is -2.16. The van der Waals surface area contributed by atoms with Crippen molar-refractivity contribution in [2.24, 2.45) is 5.92 Å². The zero-order chi connectivity index (χ0) is 14.3. The van der Waals surface area contributed by atoms with Crippen LogP contribution in [0.1, 0.15) is 27.7 Å². The van der Waals surface area contributed by atoms with E-state index in [2.05, 4.69) is 31.4 Å². The van der Waals surface area contributed by atoms with Gasteiger partial charge in [0.2, 0.25) is 5.91 Å². The van der Waals surface area contributed by atoms with E-state index in [1.165, 1.54) is 6.92 Å². The number of anilines is 1. The Kier molecular flexibility index (Phi) is 6.36. The normalized spacial score (nSPS) is 12.3. The van der Waals surface area contributed by atoms with Gasteiger partial charge >= 0.3 is 0 Å². The molecule has 1 rings (SSSR count).